The Morgan fingerprint density at radius 2 is 1.52 bits per heavy atom. The maximum Gasteiger partial charge on any atom is 0.270 e. The van der Waals surface area contributed by atoms with Gasteiger partial charge in [-0.05, 0) is 67.5 Å². The van der Waals surface area contributed by atoms with Gasteiger partial charge in [0.05, 0.1) is 22.9 Å². The number of para-hydroxylation sites is 1. The molecule has 0 aliphatic carbocycles. The Balaban J connectivity index is 1.56. The molecule has 2 N–H and O–H groups in total. The summed E-state index contributed by atoms with van der Waals surface area (Å²) >= 11 is 1.13. The van der Waals surface area contributed by atoms with E-state index in [2.05, 4.69) is 79.5 Å². The number of allylic oxidation sites excluding steroid dienone is 5. The van der Waals surface area contributed by atoms with E-state index in [1.807, 2.05) is 56.3 Å². The summed E-state index contributed by atoms with van der Waals surface area (Å²) in [4.78, 5) is 26.9. The molecule has 0 bridgehead atoms. The molecule has 42 heavy (non-hydrogen) atoms. The molecule has 0 atom stereocenters. The van der Waals surface area contributed by atoms with Crippen LogP contribution in [0.3, 0.4) is 0 Å². The lowest BCUT2D eigenvalue weighted by Gasteiger charge is -2.26. The maximum atomic E-state index is 12.5. The van der Waals surface area contributed by atoms with Gasteiger partial charge in [0.25, 0.3) is 11.1 Å². The van der Waals surface area contributed by atoms with Crippen molar-refractivity contribution in [1.82, 2.24) is 18.9 Å². The third-order valence-electron chi connectivity index (χ3n) is 6.81. The molecule has 0 radical (unpaired) electrons. The summed E-state index contributed by atoms with van der Waals surface area (Å²) in [6, 6.07) is 22.5. The number of aromatic amines is 2. The van der Waals surface area contributed by atoms with Gasteiger partial charge in [0, 0.05) is 28.2 Å². The lowest BCUT2D eigenvalue weighted by atomic mass is 9.96. The summed E-state index contributed by atoms with van der Waals surface area (Å²) in [5.41, 5.74) is 7.71. The van der Waals surface area contributed by atoms with Crippen LogP contribution >= 0.6 is 11.7 Å². The number of hydrogen-bond donors (Lipinski definition) is 2. The molecule has 208 valence electrons. The van der Waals surface area contributed by atoms with E-state index in [-0.39, 0.29) is 11.1 Å². The molecule has 0 saturated carbocycles. The van der Waals surface area contributed by atoms with Crippen LogP contribution in [0.25, 0.3) is 39.9 Å². The monoisotopic (exact) mass is 571 g/mol. The summed E-state index contributed by atoms with van der Waals surface area (Å²) in [6.45, 7) is 11.5. The van der Waals surface area contributed by atoms with Gasteiger partial charge in [-0.3, -0.25) is 19.8 Å². The van der Waals surface area contributed by atoms with E-state index in [9.17, 15) is 9.59 Å². The van der Waals surface area contributed by atoms with Crippen LogP contribution in [0.15, 0.2) is 119 Å². The van der Waals surface area contributed by atoms with Gasteiger partial charge < -0.3 is 4.90 Å². The van der Waals surface area contributed by atoms with Gasteiger partial charge in [-0.1, -0.05) is 73.9 Å². The van der Waals surface area contributed by atoms with E-state index in [0.29, 0.717) is 0 Å². The minimum absolute atomic E-state index is 0.215. The summed E-state index contributed by atoms with van der Waals surface area (Å²) < 4.78 is 9.20. The first-order valence-electron chi connectivity index (χ1n) is 13.3. The molecule has 0 aliphatic heterocycles. The third kappa shape index (κ3) is 5.48. The number of anilines is 2. The number of benzene rings is 3. The summed E-state index contributed by atoms with van der Waals surface area (Å²) in [5, 5.41) is 4.71. The molecule has 0 saturated heterocycles. The standard InChI is InChI=1S/C34H29N5O2S/c1-5-11-24(12-6-2)39(25-13-9-8-10-14-25)26-17-15-23(16-18-26)29-20-19-28(31-32(29)38-42-37-31)22(4)21-30-27(7-3)33(40)35-36-34(30)41/h5-21H,1,3H2,2,4H3,(H,35,40)(H,36,41)/b12-6-,22-21+,24-11+. The van der Waals surface area contributed by atoms with Gasteiger partial charge in [0.1, 0.15) is 11.0 Å². The third-order valence-corrected chi connectivity index (χ3v) is 7.34. The Kier molecular flexibility index (Phi) is 8.36. The van der Waals surface area contributed by atoms with Crippen molar-refractivity contribution < 1.29 is 0 Å². The molecule has 0 fully saturated rings. The zero-order valence-electron chi connectivity index (χ0n) is 23.3. The fourth-order valence-corrected chi connectivity index (χ4v) is 5.43. The van der Waals surface area contributed by atoms with Gasteiger partial charge >= 0.3 is 0 Å². The van der Waals surface area contributed by atoms with Crippen molar-refractivity contribution in [1.29, 1.82) is 0 Å². The van der Waals surface area contributed by atoms with E-state index in [0.717, 1.165) is 62.1 Å². The molecular weight excluding hydrogens is 542 g/mol. The fourth-order valence-electron chi connectivity index (χ4n) is 4.86. The number of nitrogens with zero attached hydrogens (tertiary/aromatic N) is 3. The highest BCUT2D eigenvalue weighted by Crippen LogP contribution is 2.36. The number of rotatable bonds is 9. The second-order valence-corrected chi connectivity index (χ2v) is 9.96. The van der Waals surface area contributed by atoms with E-state index in [1.165, 1.54) is 6.08 Å². The molecule has 7 nitrogen and oxygen atoms in total. The molecule has 5 aromatic rings. The van der Waals surface area contributed by atoms with E-state index < -0.39 is 11.1 Å². The molecule has 0 amide bonds. The molecular formula is C34H29N5O2S. The largest absolute Gasteiger partial charge is 0.311 e. The fraction of sp³-hybridized carbons (Fsp3) is 0.0588. The molecule has 0 aliphatic rings. The SMILES string of the molecule is C=C/C=C(\C=C/C)N(c1ccccc1)c1ccc(-c2ccc(/C(C)=C/c3c(C=C)c(=O)[nH][nH]c3=O)c3nsnc23)cc1. The van der Waals surface area contributed by atoms with Crippen molar-refractivity contribution >= 4 is 51.9 Å². The van der Waals surface area contributed by atoms with Gasteiger partial charge in [-0.2, -0.15) is 8.75 Å². The first-order chi connectivity index (χ1) is 20.5. The van der Waals surface area contributed by atoms with Crippen molar-refractivity contribution in [2.24, 2.45) is 0 Å². The van der Waals surface area contributed by atoms with Crippen LogP contribution in [-0.2, 0) is 0 Å². The number of fused-ring (bicyclic) bond motifs is 1. The number of hydrogen-bond acceptors (Lipinski definition) is 6. The lowest BCUT2D eigenvalue weighted by Crippen LogP contribution is -2.24. The highest BCUT2D eigenvalue weighted by Gasteiger charge is 2.16. The molecule has 0 unspecified atom stereocenters. The average molecular weight is 572 g/mol. The first kappa shape index (κ1) is 28.2. The number of H-pyrrole nitrogens is 2. The average Bonchev–Trinajstić information content (AvgIpc) is 3.50. The first-order valence-corrected chi connectivity index (χ1v) is 14.0. The maximum absolute atomic E-state index is 12.5. The predicted octanol–water partition coefficient (Wildman–Crippen LogP) is 7.72. The van der Waals surface area contributed by atoms with Gasteiger partial charge in [-0.15, -0.1) is 0 Å². The summed E-state index contributed by atoms with van der Waals surface area (Å²) in [5.74, 6) is 0. The molecule has 2 aromatic heterocycles. The minimum Gasteiger partial charge on any atom is -0.311 e. The molecule has 0 spiro atoms. The molecule has 3 aromatic carbocycles. The number of aromatic nitrogens is 4. The lowest BCUT2D eigenvalue weighted by molar-refractivity contribution is 0.942. The Morgan fingerprint density at radius 3 is 2.19 bits per heavy atom. The highest BCUT2D eigenvalue weighted by molar-refractivity contribution is 7.00. The van der Waals surface area contributed by atoms with Crippen LogP contribution in [0.2, 0.25) is 0 Å². The van der Waals surface area contributed by atoms with Crippen molar-refractivity contribution in [3.05, 3.63) is 147 Å². The van der Waals surface area contributed by atoms with Crippen LogP contribution < -0.4 is 16.0 Å². The van der Waals surface area contributed by atoms with Crippen LogP contribution in [0.1, 0.15) is 30.5 Å². The van der Waals surface area contributed by atoms with Gasteiger partial charge in [0.2, 0.25) is 0 Å². The zero-order chi connectivity index (χ0) is 29.6. The Hall–Kier alpha value is -5.34. The van der Waals surface area contributed by atoms with E-state index in [1.54, 1.807) is 12.2 Å². The van der Waals surface area contributed by atoms with Crippen molar-refractivity contribution in [2.45, 2.75) is 13.8 Å². The van der Waals surface area contributed by atoms with Crippen LogP contribution in [0.5, 0.6) is 0 Å². The Labute approximate surface area is 247 Å². The van der Waals surface area contributed by atoms with Crippen LogP contribution in [0, 0.1) is 0 Å². The second-order valence-electron chi connectivity index (χ2n) is 9.43. The Bertz CT molecular complexity index is 1980. The molecule has 8 heteroatoms. The van der Waals surface area contributed by atoms with Crippen molar-refractivity contribution in [3.63, 3.8) is 0 Å². The second kappa shape index (κ2) is 12.4. The molecule has 2 heterocycles. The minimum atomic E-state index is -0.411. The van der Waals surface area contributed by atoms with E-state index in [4.69, 9.17) is 0 Å². The quantitative estimate of drug-likeness (QED) is 0.177. The van der Waals surface area contributed by atoms with Crippen molar-refractivity contribution in [3.8, 4) is 11.1 Å². The topological polar surface area (TPSA) is 94.7 Å². The Morgan fingerprint density at radius 1 is 0.857 bits per heavy atom. The van der Waals surface area contributed by atoms with Crippen LogP contribution in [-0.4, -0.2) is 18.9 Å². The van der Waals surface area contributed by atoms with Gasteiger partial charge in [-0.25, -0.2) is 0 Å². The van der Waals surface area contributed by atoms with E-state index >= 15 is 0 Å². The normalized spacial score (nSPS) is 12.1. The smallest absolute Gasteiger partial charge is 0.270 e. The zero-order valence-corrected chi connectivity index (χ0v) is 24.1. The summed E-state index contributed by atoms with van der Waals surface area (Å²) in [6.07, 6.45) is 10.9. The van der Waals surface area contributed by atoms with Gasteiger partial charge in [0.15, 0.2) is 0 Å². The molecule has 5 rings (SSSR count). The van der Waals surface area contributed by atoms with Crippen LogP contribution in [0.4, 0.5) is 11.4 Å². The van der Waals surface area contributed by atoms with Crippen molar-refractivity contribution in [2.75, 3.05) is 4.90 Å². The number of nitrogens with one attached hydrogen (secondary N) is 2. The summed E-state index contributed by atoms with van der Waals surface area (Å²) in [7, 11) is 0. The highest BCUT2D eigenvalue weighted by atomic mass is 32.1. The predicted molar refractivity (Wildman–Crippen MR) is 176 cm³/mol.